The van der Waals surface area contributed by atoms with E-state index >= 15 is 4.39 Å². The highest BCUT2D eigenvalue weighted by atomic mass is 19.1. The van der Waals surface area contributed by atoms with E-state index in [0.717, 1.165) is 55.8 Å². The SMILES string of the molecule is COc1cccc(CN(C(=O)Oc2c(C)cc(C)cc2C)c2ccnc(Nc3ccc(OCCCN4CCN(C)CC4)c(F)c3)n2)c1OC. The van der Waals surface area contributed by atoms with Crippen molar-refractivity contribution in [3.8, 4) is 23.0 Å². The normalized spacial score (nSPS) is 13.5. The first-order chi connectivity index (χ1) is 23.6. The van der Waals surface area contributed by atoms with Crippen molar-refractivity contribution in [2.24, 2.45) is 0 Å². The molecule has 1 fully saturated rings. The monoisotopic (exact) mass is 672 g/mol. The summed E-state index contributed by atoms with van der Waals surface area (Å²) in [4.78, 5) is 29.0. The van der Waals surface area contributed by atoms with E-state index in [0.29, 0.717) is 35.1 Å². The Labute approximate surface area is 287 Å². The number of carbonyl (C=O) groups excluding carboxylic acids is 1. The number of nitrogens with zero attached hydrogens (tertiary/aromatic N) is 5. The lowest BCUT2D eigenvalue weighted by molar-refractivity contribution is 0.145. The molecule has 1 aliphatic heterocycles. The summed E-state index contributed by atoms with van der Waals surface area (Å²) in [5, 5.41) is 3.05. The number of piperazine rings is 1. The summed E-state index contributed by atoms with van der Waals surface area (Å²) in [5.74, 6) is 1.58. The molecule has 0 unspecified atom stereocenters. The minimum Gasteiger partial charge on any atom is -0.493 e. The van der Waals surface area contributed by atoms with Crippen LogP contribution in [0, 0.1) is 26.6 Å². The Morgan fingerprint density at radius 1 is 0.939 bits per heavy atom. The maximum absolute atomic E-state index is 15.1. The van der Waals surface area contributed by atoms with Crippen molar-refractivity contribution in [3.05, 3.63) is 88.9 Å². The van der Waals surface area contributed by atoms with Gasteiger partial charge in [-0.15, -0.1) is 0 Å². The summed E-state index contributed by atoms with van der Waals surface area (Å²) in [6.45, 7) is 11.4. The molecule has 49 heavy (non-hydrogen) atoms. The van der Waals surface area contributed by atoms with Crippen LogP contribution in [0.1, 0.15) is 28.7 Å². The smallest absolute Gasteiger partial charge is 0.421 e. The van der Waals surface area contributed by atoms with Crippen molar-refractivity contribution in [2.75, 3.05) is 70.8 Å². The number of nitrogens with one attached hydrogen (secondary N) is 1. The Kier molecular flexibility index (Phi) is 11.9. The summed E-state index contributed by atoms with van der Waals surface area (Å²) in [6, 6.07) is 15.6. The Balaban J connectivity index is 1.32. The van der Waals surface area contributed by atoms with Crippen LogP contribution in [0.5, 0.6) is 23.0 Å². The van der Waals surface area contributed by atoms with Crippen molar-refractivity contribution in [2.45, 2.75) is 33.7 Å². The Bertz CT molecular complexity index is 1720. The molecule has 1 aliphatic rings. The van der Waals surface area contributed by atoms with Crippen LogP contribution in [-0.4, -0.2) is 86.5 Å². The molecule has 5 rings (SSSR count). The highest BCUT2D eigenvalue weighted by molar-refractivity contribution is 5.88. The van der Waals surface area contributed by atoms with E-state index in [1.54, 1.807) is 38.5 Å². The minimum absolute atomic E-state index is 0.0507. The fourth-order valence-corrected chi connectivity index (χ4v) is 5.88. The molecular weight excluding hydrogens is 627 g/mol. The first kappa shape index (κ1) is 35.4. The van der Waals surface area contributed by atoms with E-state index in [9.17, 15) is 4.79 Å². The van der Waals surface area contributed by atoms with E-state index in [-0.39, 0.29) is 24.1 Å². The molecule has 4 aromatic rings. The number of methoxy groups -OCH3 is 2. The molecule has 0 spiro atoms. The summed E-state index contributed by atoms with van der Waals surface area (Å²) in [7, 11) is 5.22. The third kappa shape index (κ3) is 9.15. The Morgan fingerprint density at radius 2 is 1.69 bits per heavy atom. The third-order valence-electron chi connectivity index (χ3n) is 8.40. The lowest BCUT2D eigenvalue weighted by Gasteiger charge is -2.32. The summed E-state index contributed by atoms with van der Waals surface area (Å²) in [5.41, 5.74) is 3.83. The van der Waals surface area contributed by atoms with Crippen LogP contribution in [0.3, 0.4) is 0 Å². The average Bonchev–Trinajstić information content (AvgIpc) is 3.08. The van der Waals surface area contributed by atoms with Gasteiger partial charge in [0.15, 0.2) is 23.1 Å². The zero-order chi connectivity index (χ0) is 34.9. The molecule has 0 bridgehead atoms. The Hall–Kier alpha value is -4.94. The number of aryl methyl sites for hydroxylation is 3. The molecule has 2 heterocycles. The predicted octanol–water partition coefficient (Wildman–Crippen LogP) is 6.52. The van der Waals surface area contributed by atoms with E-state index < -0.39 is 11.9 Å². The van der Waals surface area contributed by atoms with E-state index in [1.165, 1.54) is 17.2 Å². The number of carbonyl (C=O) groups is 1. The molecule has 12 heteroatoms. The maximum atomic E-state index is 15.1. The zero-order valence-electron chi connectivity index (χ0n) is 29.1. The summed E-state index contributed by atoms with van der Waals surface area (Å²) < 4.78 is 37.9. The minimum atomic E-state index is -0.648. The van der Waals surface area contributed by atoms with Gasteiger partial charge in [-0.3, -0.25) is 4.90 Å². The number of para-hydroxylation sites is 1. The lowest BCUT2D eigenvalue weighted by Crippen LogP contribution is -2.44. The number of rotatable bonds is 13. The van der Waals surface area contributed by atoms with Gasteiger partial charge >= 0.3 is 6.09 Å². The number of likely N-dealkylation sites (N-methyl/N-ethyl adjacent to an activating group) is 1. The molecule has 0 atom stereocenters. The molecule has 1 saturated heterocycles. The fraction of sp³-hybridized carbons (Fsp3) is 0.378. The number of aromatic nitrogens is 2. The van der Waals surface area contributed by atoms with Crippen LogP contribution in [0.15, 0.2) is 60.8 Å². The fourth-order valence-electron chi connectivity index (χ4n) is 5.88. The lowest BCUT2D eigenvalue weighted by atomic mass is 10.1. The van der Waals surface area contributed by atoms with E-state index in [1.807, 2.05) is 45.0 Å². The van der Waals surface area contributed by atoms with Crippen molar-refractivity contribution >= 4 is 23.5 Å². The molecule has 260 valence electrons. The topological polar surface area (TPSA) is 102 Å². The molecule has 1 amide bonds. The number of hydrogen-bond acceptors (Lipinski definition) is 10. The number of benzene rings is 3. The first-order valence-corrected chi connectivity index (χ1v) is 16.4. The van der Waals surface area contributed by atoms with Crippen LogP contribution >= 0.6 is 0 Å². The number of amides is 1. The van der Waals surface area contributed by atoms with Gasteiger partial charge in [0.05, 0.1) is 27.4 Å². The standard InChI is InChI=1S/C37H45FN6O5/c1-25-21-26(2)34(27(3)22-25)49-37(45)44(24-28-9-7-10-32(46-5)35(28)47-6)33-13-14-39-36(41-33)40-29-11-12-31(30(38)23-29)48-20-8-15-43-18-16-42(4)17-19-43/h7,9-14,21-23H,8,15-20,24H2,1-6H3,(H,39,40,41). The van der Waals surface area contributed by atoms with Gasteiger partial charge in [-0.25, -0.2) is 14.2 Å². The summed E-state index contributed by atoms with van der Waals surface area (Å²) in [6.07, 6.45) is 1.68. The highest BCUT2D eigenvalue weighted by Gasteiger charge is 2.25. The molecule has 3 aromatic carbocycles. The number of halogens is 1. The zero-order valence-corrected chi connectivity index (χ0v) is 29.1. The van der Waals surface area contributed by atoms with Gasteiger partial charge in [-0.05, 0) is 69.6 Å². The van der Waals surface area contributed by atoms with E-state index in [4.69, 9.17) is 18.9 Å². The third-order valence-corrected chi connectivity index (χ3v) is 8.40. The molecule has 1 aromatic heterocycles. The second-order valence-corrected chi connectivity index (χ2v) is 12.2. The highest BCUT2D eigenvalue weighted by Crippen LogP contribution is 2.33. The first-order valence-electron chi connectivity index (χ1n) is 16.4. The second-order valence-electron chi connectivity index (χ2n) is 12.2. The van der Waals surface area contributed by atoms with Crippen molar-refractivity contribution < 1.29 is 28.1 Å². The second kappa shape index (κ2) is 16.4. The molecular formula is C37H45FN6O5. The number of ether oxygens (including phenoxy) is 4. The number of hydrogen-bond donors (Lipinski definition) is 1. The quantitative estimate of drug-likeness (QED) is 0.158. The predicted molar refractivity (Wildman–Crippen MR) is 188 cm³/mol. The van der Waals surface area contributed by atoms with Gasteiger partial charge < -0.3 is 34.1 Å². The molecule has 11 nitrogen and oxygen atoms in total. The molecule has 1 N–H and O–H groups in total. The van der Waals surface area contributed by atoms with Crippen LogP contribution < -0.4 is 29.2 Å². The molecule has 0 radical (unpaired) electrons. The number of anilines is 3. The van der Waals surface area contributed by atoms with Crippen LogP contribution in [0.2, 0.25) is 0 Å². The summed E-state index contributed by atoms with van der Waals surface area (Å²) >= 11 is 0. The van der Waals surface area contributed by atoms with Crippen molar-refractivity contribution in [1.29, 1.82) is 0 Å². The van der Waals surface area contributed by atoms with Gasteiger partial charge in [-0.1, -0.05) is 29.8 Å². The van der Waals surface area contributed by atoms with Gasteiger partial charge in [0.1, 0.15) is 11.6 Å². The maximum Gasteiger partial charge on any atom is 0.421 e. The van der Waals surface area contributed by atoms with Crippen molar-refractivity contribution in [1.82, 2.24) is 19.8 Å². The van der Waals surface area contributed by atoms with Gasteiger partial charge in [-0.2, -0.15) is 4.98 Å². The van der Waals surface area contributed by atoms with Crippen LogP contribution in [0.4, 0.5) is 26.6 Å². The van der Waals surface area contributed by atoms with E-state index in [2.05, 4.69) is 32.1 Å². The van der Waals surface area contributed by atoms with Gasteiger partial charge in [0, 0.05) is 56.2 Å². The molecule has 0 aliphatic carbocycles. The Morgan fingerprint density at radius 3 is 2.39 bits per heavy atom. The van der Waals surface area contributed by atoms with Gasteiger partial charge in [0.25, 0.3) is 0 Å². The molecule has 0 saturated carbocycles. The van der Waals surface area contributed by atoms with Crippen LogP contribution in [-0.2, 0) is 6.54 Å². The van der Waals surface area contributed by atoms with Crippen molar-refractivity contribution in [3.63, 3.8) is 0 Å². The average molecular weight is 673 g/mol. The largest absolute Gasteiger partial charge is 0.493 e. The van der Waals surface area contributed by atoms with Crippen LogP contribution in [0.25, 0.3) is 0 Å². The van der Waals surface area contributed by atoms with Gasteiger partial charge in [0.2, 0.25) is 5.95 Å².